The van der Waals surface area contributed by atoms with Crippen molar-refractivity contribution in [3.05, 3.63) is 0 Å². The van der Waals surface area contributed by atoms with E-state index in [9.17, 15) is 14.4 Å². The Hall–Kier alpha value is -1.59. The Morgan fingerprint density at radius 2 is 1.79 bits per heavy atom. The van der Waals surface area contributed by atoms with Crippen LogP contribution in [0.25, 0.3) is 0 Å². The van der Waals surface area contributed by atoms with Crippen molar-refractivity contribution in [3.63, 3.8) is 0 Å². The summed E-state index contributed by atoms with van der Waals surface area (Å²) in [5.74, 6) is 0.494. The zero-order valence-electron chi connectivity index (χ0n) is 14.9. The monoisotopic (exact) mass is 335 g/mol. The van der Waals surface area contributed by atoms with Crippen molar-refractivity contribution in [1.29, 1.82) is 0 Å². The first-order valence-electron chi connectivity index (χ1n) is 9.18. The van der Waals surface area contributed by atoms with Crippen molar-refractivity contribution in [3.8, 4) is 0 Å². The topological polar surface area (TPSA) is 60.9 Å². The maximum Gasteiger partial charge on any atom is 0.227 e. The van der Waals surface area contributed by atoms with Crippen LogP contribution in [0.2, 0.25) is 0 Å². The minimum Gasteiger partial charge on any atom is -0.345 e. The van der Waals surface area contributed by atoms with Crippen LogP contribution >= 0.6 is 0 Å². The lowest BCUT2D eigenvalue weighted by atomic mass is 9.72. The molecule has 6 heteroatoms. The van der Waals surface area contributed by atoms with Crippen LogP contribution in [-0.4, -0.2) is 72.2 Å². The fraction of sp³-hybridized carbons (Fsp3) is 0.833. The lowest BCUT2D eigenvalue weighted by molar-refractivity contribution is -0.145. The normalized spacial score (nSPS) is 27.5. The molecule has 1 spiro atoms. The third-order valence-corrected chi connectivity index (χ3v) is 6.22. The molecule has 0 bridgehead atoms. The Kier molecular flexibility index (Phi) is 4.83. The second-order valence-electron chi connectivity index (χ2n) is 7.88. The van der Waals surface area contributed by atoms with Gasteiger partial charge in [0.1, 0.15) is 0 Å². The molecule has 6 nitrogen and oxygen atoms in total. The zero-order valence-corrected chi connectivity index (χ0v) is 14.9. The summed E-state index contributed by atoms with van der Waals surface area (Å²) in [7, 11) is 1.89. The lowest BCUT2D eigenvalue weighted by Crippen LogP contribution is -2.53. The lowest BCUT2D eigenvalue weighted by Gasteiger charge is -2.47. The van der Waals surface area contributed by atoms with Gasteiger partial charge in [-0.2, -0.15) is 0 Å². The van der Waals surface area contributed by atoms with Crippen molar-refractivity contribution in [2.45, 2.75) is 45.4 Å². The predicted octanol–water partition coefficient (Wildman–Crippen LogP) is 1.11. The van der Waals surface area contributed by atoms with Crippen LogP contribution in [0.5, 0.6) is 0 Å². The maximum atomic E-state index is 12.8. The molecule has 3 aliphatic rings. The van der Waals surface area contributed by atoms with Gasteiger partial charge in [-0.1, -0.05) is 0 Å². The average molecular weight is 335 g/mol. The molecule has 0 aliphatic carbocycles. The SMILES string of the molecule is CC(=O)N1CCC[C@H](C(=O)N2CCC3(CCC(=O)N(C)C3)CC2)C1. The number of piperidine rings is 3. The van der Waals surface area contributed by atoms with E-state index in [1.165, 1.54) is 0 Å². The standard InChI is InChI=1S/C18H29N3O3/c1-14(22)21-9-3-4-15(12-21)17(24)20-10-7-18(8-11-20)6-5-16(23)19(2)13-18/h15H,3-13H2,1-2H3/t15-/m0/s1. The van der Waals surface area contributed by atoms with Crippen LogP contribution in [0.4, 0.5) is 0 Å². The fourth-order valence-corrected chi connectivity index (χ4v) is 4.57. The van der Waals surface area contributed by atoms with Gasteiger partial charge in [0.25, 0.3) is 0 Å². The fourth-order valence-electron chi connectivity index (χ4n) is 4.57. The van der Waals surface area contributed by atoms with Crippen LogP contribution < -0.4 is 0 Å². The molecule has 3 heterocycles. The molecule has 3 amide bonds. The Morgan fingerprint density at radius 3 is 2.42 bits per heavy atom. The molecule has 0 radical (unpaired) electrons. The highest BCUT2D eigenvalue weighted by Crippen LogP contribution is 2.40. The molecule has 24 heavy (non-hydrogen) atoms. The molecule has 0 aromatic rings. The van der Waals surface area contributed by atoms with Gasteiger partial charge in [0.2, 0.25) is 17.7 Å². The van der Waals surface area contributed by atoms with E-state index in [-0.39, 0.29) is 29.1 Å². The predicted molar refractivity (Wildman–Crippen MR) is 90.1 cm³/mol. The molecule has 0 saturated carbocycles. The minimum atomic E-state index is -0.0349. The van der Waals surface area contributed by atoms with E-state index < -0.39 is 0 Å². The summed E-state index contributed by atoms with van der Waals surface area (Å²) < 4.78 is 0. The third-order valence-electron chi connectivity index (χ3n) is 6.22. The second-order valence-corrected chi connectivity index (χ2v) is 7.88. The Morgan fingerprint density at radius 1 is 1.08 bits per heavy atom. The molecule has 3 aliphatic heterocycles. The number of hydrogen-bond acceptors (Lipinski definition) is 3. The molecule has 0 N–H and O–H groups in total. The van der Waals surface area contributed by atoms with Crippen LogP contribution in [0.3, 0.4) is 0 Å². The summed E-state index contributed by atoms with van der Waals surface area (Å²) in [4.78, 5) is 41.8. The zero-order chi connectivity index (χ0) is 17.3. The molecular formula is C18H29N3O3. The third kappa shape index (κ3) is 3.42. The van der Waals surface area contributed by atoms with Crippen LogP contribution in [0, 0.1) is 11.3 Å². The molecule has 3 fully saturated rings. The van der Waals surface area contributed by atoms with E-state index >= 15 is 0 Å². The summed E-state index contributed by atoms with van der Waals surface area (Å²) >= 11 is 0. The molecule has 3 saturated heterocycles. The van der Waals surface area contributed by atoms with E-state index in [1.807, 2.05) is 16.8 Å². The molecule has 0 aromatic carbocycles. The first-order chi connectivity index (χ1) is 11.4. The van der Waals surface area contributed by atoms with Gasteiger partial charge in [-0.05, 0) is 37.5 Å². The summed E-state index contributed by atoms with van der Waals surface area (Å²) in [6.07, 6.45) is 5.38. The number of nitrogens with zero attached hydrogens (tertiary/aromatic N) is 3. The van der Waals surface area contributed by atoms with Crippen LogP contribution in [0.15, 0.2) is 0 Å². The van der Waals surface area contributed by atoms with Crippen LogP contribution in [0.1, 0.15) is 45.4 Å². The largest absolute Gasteiger partial charge is 0.345 e. The number of hydrogen-bond donors (Lipinski definition) is 0. The minimum absolute atomic E-state index is 0.0349. The van der Waals surface area contributed by atoms with Gasteiger partial charge in [0.15, 0.2) is 0 Å². The Labute approximate surface area is 144 Å². The van der Waals surface area contributed by atoms with Crippen molar-refractivity contribution in [2.24, 2.45) is 11.3 Å². The molecular weight excluding hydrogens is 306 g/mol. The van der Waals surface area contributed by atoms with Crippen molar-refractivity contribution in [1.82, 2.24) is 14.7 Å². The number of amides is 3. The van der Waals surface area contributed by atoms with Crippen molar-refractivity contribution in [2.75, 3.05) is 39.8 Å². The number of carbonyl (C=O) groups is 3. The number of rotatable bonds is 1. The van der Waals surface area contributed by atoms with E-state index in [4.69, 9.17) is 0 Å². The Bertz CT molecular complexity index is 526. The first-order valence-corrected chi connectivity index (χ1v) is 9.18. The first kappa shape index (κ1) is 17.2. The molecule has 0 unspecified atom stereocenters. The smallest absolute Gasteiger partial charge is 0.227 e. The highest BCUT2D eigenvalue weighted by molar-refractivity contribution is 5.81. The number of likely N-dealkylation sites (tertiary alicyclic amines) is 3. The van der Waals surface area contributed by atoms with Gasteiger partial charge in [-0.25, -0.2) is 0 Å². The van der Waals surface area contributed by atoms with Crippen molar-refractivity contribution < 1.29 is 14.4 Å². The van der Waals surface area contributed by atoms with Crippen LogP contribution in [-0.2, 0) is 14.4 Å². The van der Waals surface area contributed by atoms with Gasteiger partial charge in [-0.3, -0.25) is 14.4 Å². The summed E-state index contributed by atoms with van der Waals surface area (Å²) in [6.45, 7) is 5.35. The van der Waals surface area contributed by atoms with E-state index in [0.29, 0.717) is 13.0 Å². The molecule has 3 rings (SSSR count). The molecule has 134 valence electrons. The van der Waals surface area contributed by atoms with E-state index in [1.54, 1.807) is 11.8 Å². The molecule has 1 atom stereocenters. The van der Waals surface area contributed by atoms with Gasteiger partial charge in [0.05, 0.1) is 5.92 Å². The van der Waals surface area contributed by atoms with E-state index in [0.717, 1.165) is 58.3 Å². The summed E-state index contributed by atoms with van der Waals surface area (Å²) in [6, 6.07) is 0. The maximum absolute atomic E-state index is 12.8. The second kappa shape index (κ2) is 6.73. The molecule has 0 aromatic heterocycles. The van der Waals surface area contributed by atoms with E-state index in [2.05, 4.69) is 0 Å². The number of carbonyl (C=O) groups excluding carboxylic acids is 3. The van der Waals surface area contributed by atoms with Gasteiger partial charge >= 0.3 is 0 Å². The van der Waals surface area contributed by atoms with Gasteiger partial charge < -0.3 is 14.7 Å². The Balaban J connectivity index is 1.55. The van der Waals surface area contributed by atoms with Gasteiger partial charge in [-0.15, -0.1) is 0 Å². The summed E-state index contributed by atoms with van der Waals surface area (Å²) in [5.41, 5.74) is 0.206. The van der Waals surface area contributed by atoms with Gasteiger partial charge in [0, 0.05) is 53.1 Å². The van der Waals surface area contributed by atoms with Crippen molar-refractivity contribution >= 4 is 17.7 Å². The highest BCUT2D eigenvalue weighted by atomic mass is 16.2. The summed E-state index contributed by atoms with van der Waals surface area (Å²) in [5, 5.41) is 0. The quantitative estimate of drug-likeness (QED) is 0.721. The highest BCUT2D eigenvalue weighted by Gasteiger charge is 2.41. The average Bonchev–Trinajstić information content (AvgIpc) is 2.59.